The molecule has 70 valence electrons. The van der Waals surface area contributed by atoms with Gasteiger partial charge < -0.3 is 5.73 Å². The third kappa shape index (κ3) is 2.42. The Morgan fingerprint density at radius 3 is 2.79 bits per heavy atom. The van der Waals surface area contributed by atoms with Crippen LogP contribution >= 0.6 is 0 Å². The molecule has 0 aliphatic rings. The largest absolute Gasteiger partial charge is 0.366 e. The van der Waals surface area contributed by atoms with Crippen molar-refractivity contribution < 1.29 is 9.18 Å². The number of nitrogens with two attached hydrogens (primary N) is 1. The Bertz CT molecular complexity index is 432. The molecule has 1 aromatic carbocycles. The standard InChI is InChI=1S/C10H7FN2O/c11-9-5-7(6-12)1-2-8(9)3-4-10(13)14/h1-5H,(H2,13,14). The number of nitriles is 1. The summed E-state index contributed by atoms with van der Waals surface area (Å²) in [5, 5.41) is 8.46. The Kier molecular flexibility index (Phi) is 2.97. The normalized spacial score (nSPS) is 10.0. The molecule has 1 amide bonds. The van der Waals surface area contributed by atoms with Crippen LogP contribution in [0.2, 0.25) is 0 Å². The molecule has 0 fully saturated rings. The van der Waals surface area contributed by atoms with Crippen molar-refractivity contribution in [2.45, 2.75) is 0 Å². The highest BCUT2D eigenvalue weighted by Crippen LogP contribution is 2.11. The van der Waals surface area contributed by atoms with Gasteiger partial charge in [0.05, 0.1) is 11.6 Å². The van der Waals surface area contributed by atoms with Crippen LogP contribution in [-0.2, 0) is 4.79 Å². The monoisotopic (exact) mass is 190 g/mol. The summed E-state index contributed by atoms with van der Waals surface area (Å²) < 4.78 is 13.1. The van der Waals surface area contributed by atoms with Gasteiger partial charge in [-0.05, 0) is 18.2 Å². The molecule has 1 rings (SSSR count). The number of carbonyl (C=O) groups is 1. The van der Waals surface area contributed by atoms with Gasteiger partial charge in [-0.15, -0.1) is 0 Å². The zero-order valence-corrected chi connectivity index (χ0v) is 7.20. The molecular weight excluding hydrogens is 183 g/mol. The van der Waals surface area contributed by atoms with E-state index in [9.17, 15) is 9.18 Å². The molecule has 0 radical (unpaired) electrons. The van der Waals surface area contributed by atoms with Gasteiger partial charge in [-0.3, -0.25) is 4.79 Å². The molecule has 0 heterocycles. The third-order valence-corrected chi connectivity index (χ3v) is 1.56. The van der Waals surface area contributed by atoms with Crippen LogP contribution in [0.4, 0.5) is 4.39 Å². The first-order chi connectivity index (χ1) is 6.63. The summed E-state index contributed by atoms with van der Waals surface area (Å²) in [5.41, 5.74) is 5.31. The molecule has 2 N–H and O–H groups in total. The van der Waals surface area contributed by atoms with Crippen LogP contribution in [0.5, 0.6) is 0 Å². The van der Waals surface area contributed by atoms with Crippen molar-refractivity contribution >= 4 is 12.0 Å². The summed E-state index contributed by atoms with van der Waals surface area (Å²) in [6.45, 7) is 0. The molecular formula is C10H7FN2O. The van der Waals surface area contributed by atoms with Crippen LogP contribution < -0.4 is 5.73 Å². The lowest BCUT2D eigenvalue weighted by Gasteiger charge is -1.95. The van der Waals surface area contributed by atoms with E-state index in [0.717, 1.165) is 12.1 Å². The van der Waals surface area contributed by atoms with E-state index in [1.54, 1.807) is 6.07 Å². The summed E-state index contributed by atoms with van der Waals surface area (Å²) in [6, 6.07) is 5.77. The molecule has 1 aromatic rings. The SMILES string of the molecule is N#Cc1ccc(C=CC(N)=O)c(F)c1. The molecule has 0 spiro atoms. The molecule has 0 aromatic heterocycles. The van der Waals surface area contributed by atoms with Gasteiger partial charge in [0.2, 0.25) is 5.91 Å². The fourth-order valence-electron chi connectivity index (χ4n) is 0.904. The lowest BCUT2D eigenvalue weighted by atomic mass is 10.1. The van der Waals surface area contributed by atoms with Crippen LogP contribution in [0.25, 0.3) is 6.08 Å². The highest BCUT2D eigenvalue weighted by Gasteiger charge is 2.00. The summed E-state index contributed by atoms with van der Waals surface area (Å²) >= 11 is 0. The minimum atomic E-state index is -0.645. The second-order valence-electron chi connectivity index (χ2n) is 2.58. The second kappa shape index (κ2) is 4.19. The van der Waals surface area contributed by atoms with Gasteiger partial charge in [0.15, 0.2) is 0 Å². The van der Waals surface area contributed by atoms with E-state index < -0.39 is 11.7 Å². The predicted octanol–water partition coefficient (Wildman–Crippen LogP) is 1.20. The molecule has 0 unspecified atom stereocenters. The van der Waals surface area contributed by atoms with E-state index in [-0.39, 0.29) is 11.1 Å². The molecule has 3 nitrogen and oxygen atoms in total. The number of rotatable bonds is 2. The number of halogens is 1. The molecule has 0 bridgehead atoms. The Balaban J connectivity index is 3.02. The average molecular weight is 190 g/mol. The van der Waals surface area contributed by atoms with E-state index in [0.29, 0.717) is 0 Å². The molecule has 0 atom stereocenters. The number of nitrogens with zero attached hydrogens (tertiary/aromatic N) is 1. The topological polar surface area (TPSA) is 66.9 Å². The van der Waals surface area contributed by atoms with E-state index in [4.69, 9.17) is 11.0 Å². The molecule has 0 aliphatic heterocycles. The van der Waals surface area contributed by atoms with Crippen LogP contribution in [-0.4, -0.2) is 5.91 Å². The summed E-state index contributed by atoms with van der Waals surface area (Å²) in [4.78, 5) is 10.4. The number of primary amides is 1. The van der Waals surface area contributed by atoms with Crippen LogP contribution in [0.3, 0.4) is 0 Å². The lowest BCUT2D eigenvalue weighted by molar-refractivity contribution is -0.113. The van der Waals surface area contributed by atoms with Gasteiger partial charge in [-0.2, -0.15) is 5.26 Å². The zero-order valence-electron chi connectivity index (χ0n) is 7.20. The lowest BCUT2D eigenvalue weighted by Crippen LogP contribution is -2.05. The first-order valence-corrected chi connectivity index (χ1v) is 3.80. The fourth-order valence-corrected chi connectivity index (χ4v) is 0.904. The van der Waals surface area contributed by atoms with E-state index >= 15 is 0 Å². The quantitative estimate of drug-likeness (QED) is 0.712. The second-order valence-corrected chi connectivity index (χ2v) is 2.58. The van der Waals surface area contributed by atoms with Gasteiger partial charge in [0.1, 0.15) is 5.82 Å². The predicted molar refractivity (Wildman–Crippen MR) is 49.3 cm³/mol. The van der Waals surface area contributed by atoms with E-state index in [1.807, 2.05) is 0 Å². The maximum Gasteiger partial charge on any atom is 0.241 e. The van der Waals surface area contributed by atoms with Crippen molar-refractivity contribution in [2.24, 2.45) is 5.73 Å². The van der Waals surface area contributed by atoms with Crippen molar-refractivity contribution in [3.05, 3.63) is 41.2 Å². The highest BCUT2D eigenvalue weighted by atomic mass is 19.1. The minimum Gasteiger partial charge on any atom is -0.366 e. The highest BCUT2D eigenvalue weighted by molar-refractivity contribution is 5.90. The van der Waals surface area contributed by atoms with Crippen molar-refractivity contribution in [1.82, 2.24) is 0 Å². The average Bonchev–Trinajstić information content (AvgIpc) is 2.15. The Morgan fingerprint density at radius 2 is 2.29 bits per heavy atom. The smallest absolute Gasteiger partial charge is 0.241 e. The Hall–Kier alpha value is -2.15. The molecule has 0 saturated heterocycles. The van der Waals surface area contributed by atoms with Crippen molar-refractivity contribution in [3.63, 3.8) is 0 Å². The van der Waals surface area contributed by atoms with Crippen LogP contribution in [0, 0.1) is 17.1 Å². The van der Waals surface area contributed by atoms with Crippen molar-refractivity contribution in [3.8, 4) is 6.07 Å². The number of benzene rings is 1. The summed E-state index contributed by atoms with van der Waals surface area (Å²) in [5.74, 6) is -1.20. The van der Waals surface area contributed by atoms with Crippen molar-refractivity contribution in [1.29, 1.82) is 5.26 Å². The maximum atomic E-state index is 13.1. The molecule has 0 aliphatic carbocycles. The number of carbonyl (C=O) groups excluding carboxylic acids is 1. The van der Waals surface area contributed by atoms with Gasteiger partial charge in [0.25, 0.3) is 0 Å². The van der Waals surface area contributed by atoms with E-state index in [1.165, 1.54) is 18.2 Å². The van der Waals surface area contributed by atoms with Gasteiger partial charge in [-0.1, -0.05) is 6.07 Å². The molecule has 0 saturated carbocycles. The summed E-state index contributed by atoms with van der Waals surface area (Å²) in [6.07, 6.45) is 2.32. The zero-order chi connectivity index (χ0) is 10.6. The van der Waals surface area contributed by atoms with Gasteiger partial charge >= 0.3 is 0 Å². The first-order valence-electron chi connectivity index (χ1n) is 3.80. The van der Waals surface area contributed by atoms with Gasteiger partial charge in [0, 0.05) is 11.6 Å². The fraction of sp³-hybridized carbons (Fsp3) is 0. The minimum absolute atomic E-state index is 0.225. The van der Waals surface area contributed by atoms with Crippen LogP contribution in [0.15, 0.2) is 24.3 Å². The molecule has 4 heteroatoms. The van der Waals surface area contributed by atoms with Crippen molar-refractivity contribution in [2.75, 3.05) is 0 Å². The Morgan fingerprint density at radius 1 is 1.57 bits per heavy atom. The number of hydrogen-bond donors (Lipinski definition) is 1. The van der Waals surface area contributed by atoms with Gasteiger partial charge in [-0.25, -0.2) is 4.39 Å². The summed E-state index contributed by atoms with van der Waals surface area (Å²) in [7, 11) is 0. The van der Waals surface area contributed by atoms with E-state index in [2.05, 4.69) is 0 Å². The first kappa shape index (κ1) is 9.93. The molecule has 14 heavy (non-hydrogen) atoms. The number of hydrogen-bond acceptors (Lipinski definition) is 2. The van der Waals surface area contributed by atoms with Crippen LogP contribution in [0.1, 0.15) is 11.1 Å². The number of amides is 1. The Labute approximate surface area is 80.3 Å². The third-order valence-electron chi connectivity index (χ3n) is 1.56. The maximum absolute atomic E-state index is 13.1.